The number of carboxylic acid groups (broad SMARTS) is 1. The summed E-state index contributed by atoms with van der Waals surface area (Å²) in [7, 11) is 1.85. The molecule has 0 unspecified atom stereocenters. The van der Waals surface area contributed by atoms with Crippen LogP contribution in [0.5, 0.6) is 0 Å². The van der Waals surface area contributed by atoms with Crippen molar-refractivity contribution in [3.8, 4) is 0 Å². The molecule has 0 saturated heterocycles. The second-order valence-electron chi connectivity index (χ2n) is 6.08. The van der Waals surface area contributed by atoms with Crippen LogP contribution < -0.4 is 5.32 Å². The number of nitrogens with zero attached hydrogens (tertiary/aromatic N) is 2. The van der Waals surface area contributed by atoms with Crippen LogP contribution in [-0.4, -0.2) is 32.3 Å². The molecule has 0 spiro atoms. The second-order valence-corrected chi connectivity index (χ2v) is 6.08. The summed E-state index contributed by atoms with van der Waals surface area (Å²) in [5, 5.41) is 15.8. The fraction of sp³-hybridized carbons (Fsp3) is 0.643. The molecule has 2 N–H and O–H groups in total. The van der Waals surface area contributed by atoms with Gasteiger partial charge in [-0.15, -0.1) is 0 Å². The summed E-state index contributed by atoms with van der Waals surface area (Å²) >= 11 is 0. The molecule has 1 aliphatic rings. The van der Waals surface area contributed by atoms with Gasteiger partial charge in [0, 0.05) is 30.6 Å². The third-order valence-corrected chi connectivity index (χ3v) is 3.56. The van der Waals surface area contributed by atoms with E-state index in [0.717, 1.165) is 18.5 Å². The van der Waals surface area contributed by atoms with Gasteiger partial charge in [0.15, 0.2) is 0 Å². The molecule has 20 heavy (non-hydrogen) atoms. The fourth-order valence-corrected chi connectivity index (χ4v) is 2.21. The van der Waals surface area contributed by atoms with Crippen molar-refractivity contribution >= 4 is 11.9 Å². The van der Waals surface area contributed by atoms with E-state index in [1.807, 2.05) is 27.0 Å². The Kier molecular flexibility index (Phi) is 3.83. The van der Waals surface area contributed by atoms with Crippen molar-refractivity contribution in [3.63, 3.8) is 0 Å². The Bertz CT molecular complexity index is 530. The average molecular weight is 279 g/mol. The van der Waals surface area contributed by atoms with Crippen LogP contribution in [0.25, 0.3) is 0 Å². The van der Waals surface area contributed by atoms with Gasteiger partial charge in [0.05, 0.1) is 0 Å². The summed E-state index contributed by atoms with van der Waals surface area (Å²) in [5.41, 5.74) is 0.934. The zero-order chi connectivity index (χ0) is 14.9. The van der Waals surface area contributed by atoms with Crippen LogP contribution in [0, 0.1) is 0 Å². The summed E-state index contributed by atoms with van der Waals surface area (Å²) in [6, 6.07) is 1.83. The monoisotopic (exact) mass is 279 g/mol. The molecule has 6 nitrogen and oxygen atoms in total. The quantitative estimate of drug-likeness (QED) is 0.829. The van der Waals surface area contributed by atoms with Gasteiger partial charge in [-0.05, 0) is 39.2 Å². The molecule has 0 aromatic carbocycles. The molecule has 2 rings (SSSR count). The van der Waals surface area contributed by atoms with Crippen molar-refractivity contribution in [3.05, 3.63) is 17.5 Å². The van der Waals surface area contributed by atoms with Crippen LogP contribution in [0.15, 0.2) is 6.07 Å². The van der Waals surface area contributed by atoms with E-state index < -0.39 is 11.5 Å². The van der Waals surface area contributed by atoms with E-state index in [4.69, 9.17) is 5.11 Å². The first-order chi connectivity index (χ1) is 9.28. The average Bonchev–Trinajstić information content (AvgIpc) is 3.10. The van der Waals surface area contributed by atoms with Crippen molar-refractivity contribution in [2.24, 2.45) is 7.05 Å². The normalized spacial score (nSPS) is 15.2. The Hall–Kier alpha value is -1.85. The smallest absolute Gasteiger partial charge is 0.303 e. The number of carbonyl (C=O) groups excluding carboxylic acids is 1. The third-order valence-electron chi connectivity index (χ3n) is 3.56. The molecule has 1 aromatic heterocycles. The summed E-state index contributed by atoms with van der Waals surface area (Å²) in [4.78, 5) is 22.8. The Morgan fingerprint density at radius 3 is 2.70 bits per heavy atom. The maximum absolute atomic E-state index is 12.2. The van der Waals surface area contributed by atoms with Gasteiger partial charge in [-0.25, -0.2) is 0 Å². The number of amides is 1. The van der Waals surface area contributed by atoms with Gasteiger partial charge in [0.1, 0.15) is 5.69 Å². The zero-order valence-corrected chi connectivity index (χ0v) is 12.1. The first-order valence-electron chi connectivity index (χ1n) is 6.87. The van der Waals surface area contributed by atoms with E-state index in [1.54, 1.807) is 4.68 Å². The van der Waals surface area contributed by atoms with Crippen molar-refractivity contribution < 1.29 is 14.7 Å². The number of hydrogen-bond acceptors (Lipinski definition) is 3. The van der Waals surface area contributed by atoms with Crippen LogP contribution in [0.2, 0.25) is 0 Å². The highest BCUT2D eigenvalue weighted by Gasteiger charge is 2.29. The second kappa shape index (κ2) is 5.26. The molecule has 0 bridgehead atoms. The van der Waals surface area contributed by atoms with Gasteiger partial charge < -0.3 is 10.4 Å². The van der Waals surface area contributed by atoms with Crippen LogP contribution in [-0.2, 0) is 11.8 Å². The Morgan fingerprint density at radius 2 is 2.15 bits per heavy atom. The van der Waals surface area contributed by atoms with Crippen LogP contribution in [0.4, 0.5) is 0 Å². The molecular formula is C14H21N3O3. The molecule has 1 fully saturated rings. The van der Waals surface area contributed by atoms with E-state index in [-0.39, 0.29) is 12.3 Å². The minimum absolute atomic E-state index is 0.0306. The predicted molar refractivity (Wildman–Crippen MR) is 73.6 cm³/mol. The fourth-order valence-electron chi connectivity index (χ4n) is 2.21. The predicted octanol–water partition coefficient (Wildman–Crippen LogP) is 1.67. The minimum atomic E-state index is -0.860. The Balaban J connectivity index is 2.00. The van der Waals surface area contributed by atoms with E-state index in [9.17, 15) is 9.59 Å². The number of aryl methyl sites for hydroxylation is 1. The molecule has 1 aromatic rings. The largest absolute Gasteiger partial charge is 0.481 e. The van der Waals surface area contributed by atoms with Gasteiger partial charge in [0.25, 0.3) is 5.91 Å². The number of carbonyl (C=O) groups is 2. The minimum Gasteiger partial charge on any atom is -0.481 e. The standard InChI is InChI=1S/C14H21N3O3/c1-14(2,7-6-12(18)19)15-13(20)10-8-11(9-4-5-9)17(3)16-10/h8-9H,4-7H2,1-3H3,(H,15,20)(H,18,19). The van der Waals surface area contributed by atoms with Gasteiger partial charge >= 0.3 is 5.97 Å². The molecule has 6 heteroatoms. The molecular weight excluding hydrogens is 258 g/mol. The Morgan fingerprint density at radius 1 is 1.50 bits per heavy atom. The molecule has 1 heterocycles. The van der Waals surface area contributed by atoms with Crippen LogP contribution >= 0.6 is 0 Å². The number of rotatable bonds is 6. The molecule has 1 aliphatic carbocycles. The maximum Gasteiger partial charge on any atom is 0.303 e. The molecule has 1 amide bonds. The lowest BCUT2D eigenvalue weighted by atomic mass is 9.98. The number of hydrogen-bond donors (Lipinski definition) is 2. The summed E-state index contributed by atoms with van der Waals surface area (Å²) in [5.74, 6) is -0.571. The van der Waals surface area contributed by atoms with Crippen LogP contribution in [0.3, 0.4) is 0 Å². The lowest BCUT2D eigenvalue weighted by molar-refractivity contribution is -0.137. The van der Waals surface area contributed by atoms with E-state index in [0.29, 0.717) is 18.0 Å². The molecule has 0 atom stereocenters. The SMILES string of the molecule is Cn1nc(C(=O)NC(C)(C)CCC(=O)O)cc1C1CC1. The summed E-state index contributed by atoms with van der Waals surface area (Å²) in [6.07, 6.45) is 2.73. The van der Waals surface area contributed by atoms with Crippen molar-refractivity contribution in [1.29, 1.82) is 0 Å². The number of aromatic nitrogens is 2. The van der Waals surface area contributed by atoms with Crippen molar-refractivity contribution in [2.45, 2.75) is 51.0 Å². The van der Waals surface area contributed by atoms with Gasteiger partial charge in [-0.1, -0.05) is 0 Å². The highest BCUT2D eigenvalue weighted by atomic mass is 16.4. The highest BCUT2D eigenvalue weighted by molar-refractivity contribution is 5.93. The topological polar surface area (TPSA) is 84.2 Å². The third kappa shape index (κ3) is 3.59. The van der Waals surface area contributed by atoms with Gasteiger partial charge in [0.2, 0.25) is 0 Å². The van der Waals surface area contributed by atoms with E-state index >= 15 is 0 Å². The first kappa shape index (κ1) is 14.6. The number of aliphatic carboxylic acids is 1. The summed E-state index contributed by atoms with van der Waals surface area (Å²) < 4.78 is 1.76. The Labute approximate surface area is 118 Å². The summed E-state index contributed by atoms with van der Waals surface area (Å²) in [6.45, 7) is 3.64. The van der Waals surface area contributed by atoms with E-state index in [2.05, 4.69) is 10.4 Å². The molecule has 1 saturated carbocycles. The number of nitrogens with one attached hydrogen (secondary N) is 1. The first-order valence-corrected chi connectivity index (χ1v) is 6.87. The lowest BCUT2D eigenvalue weighted by Gasteiger charge is -2.25. The van der Waals surface area contributed by atoms with Gasteiger partial charge in [-0.3, -0.25) is 14.3 Å². The molecule has 0 aliphatic heterocycles. The zero-order valence-electron chi connectivity index (χ0n) is 12.1. The van der Waals surface area contributed by atoms with Crippen molar-refractivity contribution in [1.82, 2.24) is 15.1 Å². The highest BCUT2D eigenvalue weighted by Crippen LogP contribution is 2.39. The van der Waals surface area contributed by atoms with Crippen LogP contribution in [0.1, 0.15) is 61.6 Å². The number of carboxylic acids is 1. The molecule has 110 valence electrons. The molecule has 0 radical (unpaired) electrons. The van der Waals surface area contributed by atoms with E-state index in [1.165, 1.54) is 0 Å². The van der Waals surface area contributed by atoms with Gasteiger partial charge in [-0.2, -0.15) is 5.10 Å². The van der Waals surface area contributed by atoms with Crippen molar-refractivity contribution in [2.75, 3.05) is 0 Å². The maximum atomic E-state index is 12.2. The lowest BCUT2D eigenvalue weighted by Crippen LogP contribution is -2.43.